The number of anilines is 1. The predicted octanol–water partition coefficient (Wildman–Crippen LogP) is 5.05. The molecule has 164 valence electrons. The van der Waals surface area contributed by atoms with Crippen LogP contribution in [0, 0.1) is 6.92 Å². The molecular formula is C22H25ClN4O3S. The minimum Gasteiger partial charge on any atom is -0.494 e. The van der Waals surface area contributed by atoms with Crippen LogP contribution in [0.25, 0.3) is 0 Å². The quantitative estimate of drug-likeness (QED) is 0.450. The van der Waals surface area contributed by atoms with E-state index in [4.69, 9.17) is 21.1 Å². The predicted molar refractivity (Wildman–Crippen MR) is 123 cm³/mol. The number of carbonyl (C=O) groups is 1. The summed E-state index contributed by atoms with van der Waals surface area (Å²) in [6.07, 6.45) is -0.315. The fraction of sp³-hybridized carbons (Fsp3) is 0.318. The summed E-state index contributed by atoms with van der Waals surface area (Å²) in [7, 11) is 1.86. The summed E-state index contributed by atoms with van der Waals surface area (Å²) in [5, 5.41) is 12.6. The first kappa shape index (κ1) is 23.0. The molecule has 0 aliphatic heterocycles. The Morgan fingerprint density at radius 3 is 2.58 bits per heavy atom. The lowest BCUT2D eigenvalue weighted by molar-refractivity contribution is -0.113. The standard InChI is InChI=1S/C22H25ClN4O3S/c1-5-29-17-8-6-16(7-9-17)24-20(28)13-31-22-26-25-21(27(22)4)15(3)30-18-10-11-19(23)14(2)12-18/h6-12,15H,5,13H2,1-4H3,(H,24,28). The average Bonchev–Trinajstić information content (AvgIpc) is 3.11. The van der Waals surface area contributed by atoms with Gasteiger partial charge in [-0.3, -0.25) is 4.79 Å². The van der Waals surface area contributed by atoms with E-state index in [0.29, 0.717) is 34.0 Å². The fourth-order valence-electron chi connectivity index (χ4n) is 2.88. The molecule has 7 nitrogen and oxygen atoms in total. The number of rotatable bonds is 9. The maximum atomic E-state index is 12.3. The van der Waals surface area contributed by atoms with Crippen molar-refractivity contribution in [2.45, 2.75) is 32.0 Å². The van der Waals surface area contributed by atoms with E-state index < -0.39 is 0 Å². The molecule has 1 N–H and O–H groups in total. The van der Waals surface area contributed by atoms with Crippen molar-refractivity contribution in [1.82, 2.24) is 14.8 Å². The average molecular weight is 461 g/mol. The number of aromatic nitrogens is 3. The minimum atomic E-state index is -0.315. The molecule has 0 radical (unpaired) electrons. The van der Waals surface area contributed by atoms with Crippen LogP contribution in [0.15, 0.2) is 47.6 Å². The van der Waals surface area contributed by atoms with Gasteiger partial charge in [-0.1, -0.05) is 23.4 Å². The SMILES string of the molecule is CCOc1ccc(NC(=O)CSc2nnc(C(C)Oc3ccc(Cl)c(C)c3)n2C)cc1. The van der Waals surface area contributed by atoms with Crippen molar-refractivity contribution in [3.8, 4) is 11.5 Å². The number of amides is 1. The van der Waals surface area contributed by atoms with Crippen molar-refractivity contribution in [3.63, 3.8) is 0 Å². The van der Waals surface area contributed by atoms with Crippen molar-refractivity contribution in [2.75, 3.05) is 17.7 Å². The van der Waals surface area contributed by atoms with E-state index in [1.54, 1.807) is 6.07 Å². The zero-order chi connectivity index (χ0) is 22.4. The molecule has 0 saturated heterocycles. The highest BCUT2D eigenvalue weighted by molar-refractivity contribution is 7.99. The first-order valence-corrected chi connectivity index (χ1v) is 11.2. The number of benzene rings is 2. The number of nitrogens with one attached hydrogen (secondary N) is 1. The highest BCUT2D eigenvalue weighted by Crippen LogP contribution is 2.26. The second-order valence-electron chi connectivity index (χ2n) is 6.87. The van der Waals surface area contributed by atoms with Crippen LogP contribution >= 0.6 is 23.4 Å². The Hall–Kier alpha value is -2.71. The normalized spacial score (nSPS) is 11.8. The van der Waals surface area contributed by atoms with Crippen molar-refractivity contribution in [3.05, 3.63) is 58.9 Å². The van der Waals surface area contributed by atoms with Gasteiger partial charge in [0.25, 0.3) is 0 Å². The minimum absolute atomic E-state index is 0.125. The second-order valence-corrected chi connectivity index (χ2v) is 8.21. The molecule has 31 heavy (non-hydrogen) atoms. The molecule has 1 atom stereocenters. The fourth-order valence-corrected chi connectivity index (χ4v) is 3.72. The van der Waals surface area contributed by atoms with Crippen LogP contribution in [0.3, 0.4) is 0 Å². The first-order valence-electron chi connectivity index (χ1n) is 9.85. The van der Waals surface area contributed by atoms with Crippen LogP contribution in [-0.4, -0.2) is 33.0 Å². The maximum Gasteiger partial charge on any atom is 0.234 e. The molecule has 0 fully saturated rings. The van der Waals surface area contributed by atoms with Gasteiger partial charge in [0.15, 0.2) is 17.1 Å². The number of hydrogen-bond acceptors (Lipinski definition) is 6. The van der Waals surface area contributed by atoms with Gasteiger partial charge in [-0.15, -0.1) is 10.2 Å². The summed E-state index contributed by atoms with van der Waals surface area (Å²) in [6, 6.07) is 12.8. The molecule has 1 heterocycles. The molecule has 1 amide bonds. The van der Waals surface area contributed by atoms with Gasteiger partial charge in [0.2, 0.25) is 5.91 Å². The lowest BCUT2D eigenvalue weighted by atomic mass is 10.2. The van der Waals surface area contributed by atoms with E-state index in [-0.39, 0.29) is 17.8 Å². The van der Waals surface area contributed by atoms with E-state index in [9.17, 15) is 4.79 Å². The Morgan fingerprint density at radius 2 is 1.90 bits per heavy atom. The molecular weight excluding hydrogens is 436 g/mol. The molecule has 0 bridgehead atoms. The number of hydrogen-bond donors (Lipinski definition) is 1. The number of ether oxygens (including phenoxy) is 2. The van der Waals surface area contributed by atoms with Crippen molar-refractivity contribution >= 4 is 35.0 Å². The van der Waals surface area contributed by atoms with Gasteiger partial charge in [-0.2, -0.15) is 0 Å². The number of aryl methyl sites for hydroxylation is 1. The molecule has 0 saturated carbocycles. The van der Waals surface area contributed by atoms with Crippen LogP contribution in [0.4, 0.5) is 5.69 Å². The number of thioether (sulfide) groups is 1. The molecule has 1 unspecified atom stereocenters. The van der Waals surface area contributed by atoms with Gasteiger partial charge >= 0.3 is 0 Å². The molecule has 0 aliphatic carbocycles. The van der Waals surface area contributed by atoms with Crippen molar-refractivity contribution in [2.24, 2.45) is 7.05 Å². The summed E-state index contributed by atoms with van der Waals surface area (Å²) in [4.78, 5) is 12.3. The lowest BCUT2D eigenvalue weighted by Crippen LogP contribution is -2.15. The molecule has 0 spiro atoms. The summed E-state index contributed by atoms with van der Waals surface area (Å²) in [5.41, 5.74) is 1.66. The Balaban J connectivity index is 1.55. The monoisotopic (exact) mass is 460 g/mol. The van der Waals surface area contributed by atoms with E-state index in [1.807, 2.05) is 68.8 Å². The third kappa shape index (κ3) is 6.15. The topological polar surface area (TPSA) is 78.3 Å². The van der Waals surface area contributed by atoms with Gasteiger partial charge in [-0.05, 0) is 68.8 Å². The third-order valence-electron chi connectivity index (χ3n) is 4.46. The molecule has 3 aromatic rings. The summed E-state index contributed by atoms with van der Waals surface area (Å²) in [6.45, 7) is 6.36. The van der Waals surface area contributed by atoms with E-state index >= 15 is 0 Å². The molecule has 1 aromatic heterocycles. The van der Waals surface area contributed by atoms with E-state index in [1.165, 1.54) is 11.8 Å². The third-order valence-corrected chi connectivity index (χ3v) is 5.90. The van der Waals surface area contributed by atoms with Gasteiger partial charge in [0.1, 0.15) is 11.5 Å². The largest absolute Gasteiger partial charge is 0.494 e. The highest BCUT2D eigenvalue weighted by Gasteiger charge is 2.18. The van der Waals surface area contributed by atoms with Crippen LogP contribution < -0.4 is 14.8 Å². The summed E-state index contributed by atoms with van der Waals surface area (Å²) in [5.74, 6) is 2.24. The van der Waals surface area contributed by atoms with Crippen LogP contribution in [0.2, 0.25) is 5.02 Å². The van der Waals surface area contributed by atoms with Gasteiger partial charge < -0.3 is 19.4 Å². The van der Waals surface area contributed by atoms with Gasteiger partial charge in [-0.25, -0.2) is 0 Å². The zero-order valence-corrected chi connectivity index (χ0v) is 19.5. The molecule has 3 rings (SSSR count). The van der Waals surface area contributed by atoms with Crippen LogP contribution in [0.5, 0.6) is 11.5 Å². The highest BCUT2D eigenvalue weighted by atomic mass is 35.5. The smallest absolute Gasteiger partial charge is 0.234 e. The van der Waals surface area contributed by atoms with Crippen LogP contribution in [-0.2, 0) is 11.8 Å². The second kappa shape index (κ2) is 10.5. The Morgan fingerprint density at radius 1 is 1.19 bits per heavy atom. The Labute approximate surface area is 191 Å². The first-order chi connectivity index (χ1) is 14.9. The Kier molecular flexibility index (Phi) is 7.81. The Bertz CT molecular complexity index is 1040. The lowest BCUT2D eigenvalue weighted by Gasteiger charge is -2.15. The molecule has 2 aromatic carbocycles. The van der Waals surface area contributed by atoms with E-state index in [0.717, 1.165) is 11.3 Å². The molecule has 0 aliphatic rings. The van der Waals surface area contributed by atoms with E-state index in [2.05, 4.69) is 15.5 Å². The van der Waals surface area contributed by atoms with Gasteiger partial charge in [0.05, 0.1) is 12.4 Å². The van der Waals surface area contributed by atoms with Crippen LogP contribution in [0.1, 0.15) is 31.3 Å². The maximum absolute atomic E-state index is 12.3. The number of halogens is 1. The zero-order valence-electron chi connectivity index (χ0n) is 17.9. The summed E-state index contributed by atoms with van der Waals surface area (Å²) < 4.78 is 13.2. The number of nitrogens with zero attached hydrogens (tertiary/aromatic N) is 3. The number of carbonyl (C=O) groups excluding carboxylic acids is 1. The van der Waals surface area contributed by atoms with Gasteiger partial charge in [0, 0.05) is 17.8 Å². The van der Waals surface area contributed by atoms with Crippen molar-refractivity contribution in [1.29, 1.82) is 0 Å². The van der Waals surface area contributed by atoms with Crippen molar-refractivity contribution < 1.29 is 14.3 Å². The summed E-state index contributed by atoms with van der Waals surface area (Å²) >= 11 is 7.38. The molecule has 9 heteroatoms.